The Labute approximate surface area is 176 Å². The highest BCUT2D eigenvalue weighted by Crippen LogP contribution is 2.28. The Morgan fingerprint density at radius 2 is 1.67 bits per heavy atom. The Hall–Kier alpha value is -3.60. The minimum atomic E-state index is -0.307. The molecule has 0 spiro atoms. The van der Waals surface area contributed by atoms with Crippen molar-refractivity contribution in [1.82, 2.24) is 5.32 Å². The van der Waals surface area contributed by atoms with Crippen molar-refractivity contribution in [3.63, 3.8) is 0 Å². The van der Waals surface area contributed by atoms with Gasteiger partial charge in [-0.2, -0.15) is 0 Å². The number of para-hydroxylation sites is 1. The van der Waals surface area contributed by atoms with Gasteiger partial charge in [-0.3, -0.25) is 4.79 Å². The van der Waals surface area contributed by atoms with Crippen LogP contribution in [0, 0.1) is 13.8 Å². The zero-order chi connectivity index (χ0) is 21.1. The van der Waals surface area contributed by atoms with Gasteiger partial charge in [0.2, 0.25) is 5.91 Å². The summed E-state index contributed by atoms with van der Waals surface area (Å²) in [5.74, 6) is 0.0215. The second-order valence-corrected chi connectivity index (χ2v) is 7.68. The van der Waals surface area contributed by atoms with Crippen molar-refractivity contribution in [3.05, 3.63) is 83.9 Å². The highest BCUT2D eigenvalue weighted by atomic mass is 16.2. The second kappa shape index (κ2) is 8.41. The molecule has 0 aliphatic carbocycles. The average Bonchev–Trinajstić information content (AvgIpc) is 3.11. The SMILES string of the molecule is Cc1ccc(N2C[C@@H](NC(=O)Nc3ccccc3-c3ccccc3)CC2=O)cc1C. The molecule has 3 amide bonds. The molecule has 30 heavy (non-hydrogen) atoms. The van der Waals surface area contributed by atoms with Gasteiger partial charge < -0.3 is 15.5 Å². The first kappa shape index (κ1) is 19.7. The Kier molecular flexibility index (Phi) is 5.53. The maximum atomic E-state index is 12.6. The summed E-state index contributed by atoms with van der Waals surface area (Å²) in [5, 5.41) is 5.89. The van der Waals surface area contributed by atoms with Gasteiger partial charge in [-0.15, -0.1) is 0 Å². The molecule has 3 aromatic carbocycles. The first-order chi connectivity index (χ1) is 14.5. The summed E-state index contributed by atoms with van der Waals surface area (Å²) in [4.78, 5) is 26.9. The first-order valence-corrected chi connectivity index (χ1v) is 10.1. The standard InChI is InChI=1S/C25H25N3O2/c1-17-12-13-21(14-18(17)2)28-16-20(15-24(28)29)26-25(30)27-23-11-7-6-10-22(23)19-8-4-3-5-9-19/h3-14,20H,15-16H2,1-2H3,(H2,26,27,30)/t20-/m0/s1. The number of benzene rings is 3. The summed E-state index contributed by atoms with van der Waals surface area (Å²) in [7, 11) is 0. The van der Waals surface area contributed by atoms with E-state index in [-0.39, 0.29) is 18.0 Å². The van der Waals surface area contributed by atoms with Crippen LogP contribution >= 0.6 is 0 Å². The summed E-state index contributed by atoms with van der Waals surface area (Å²) < 4.78 is 0. The Bertz CT molecular complexity index is 1080. The first-order valence-electron chi connectivity index (χ1n) is 10.1. The third kappa shape index (κ3) is 4.20. The fraction of sp³-hybridized carbons (Fsp3) is 0.200. The molecule has 2 N–H and O–H groups in total. The summed E-state index contributed by atoms with van der Waals surface area (Å²) >= 11 is 0. The van der Waals surface area contributed by atoms with E-state index in [4.69, 9.17) is 0 Å². The molecule has 3 aromatic rings. The van der Waals surface area contributed by atoms with Gasteiger partial charge in [0, 0.05) is 24.2 Å². The average molecular weight is 399 g/mol. The molecule has 152 valence electrons. The fourth-order valence-electron chi connectivity index (χ4n) is 3.75. The molecule has 4 rings (SSSR count). The van der Waals surface area contributed by atoms with Crippen LogP contribution in [0.1, 0.15) is 17.5 Å². The maximum Gasteiger partial charge on any atom is 0.319 e. The normalized spacial score (nSPS) is 15.9. The van der Waals surface area contributed by atoms with Gasteiger partial charge in [-0.1, -0.05) is 54.6 Å². The van der Waals surface area contributed by atoms with Crippen LogP contribution in [0.25, 0.3) is 11.1 Å². The number of amides is 3. The molecule has 0 bridgehead atoms. The van der Waals surface area contributed by atoms with Crippen LogP contribution in [0.3, 0.4) is 0 Å². The number of carbonyl (C=O) groups excluding carboxylic acids is 2. The maximum absolute atomic E-state index is 12.6. The molecule has 1 aliphatic rings. The number of hydrogen-bond donors (Lipinski definition) is 2. The van der Waals surface area contributed by atoms with E-state index in [9.17, 15) is 9.59 Å². The van der Waals surface area contributed by atoms with E-state index in [2.05, 4.69) is 10.6 Å². The van der Waals surface area contributed by atoms with Crippen molar-refractivity contribution in [1.29, 1.82) is 0 Å². The third-order valence-electron chi connectivity index (χ3n) is 5.52. The largest absolute Gasteiger partial charge is 0.333 e. The smallest absolute Gasteiger partial charge is 0.319 e. The lowest BCUT2D eigenvalue weighted by Crippen LogP contribution is -2.39. The van der Waals surface area contributed by atoms with Gasteiger partial charge in [0.15, 0.2) is 0 Å². The number of hydrogen-bond acceptors (Lipinski definition) is 2. The molecule has 1 fully saturated rings. The van der Waals surface area contributed by atoms with E-state index in [1.807, 2.05) is 86.6 Å². The van der Waals surface area contributed by atoms with Gasteiger partial charge in [-0.25, -0.2) is 4.79 Å². The lowest BCUT2D eigenvalue weighted by atomic mass is 10.0. The lowest BCUT2D eigenvalue weighted by molar-refractivity contribution is -0.117. The van der Waals surface area contributed by atoms with Crippen molar-refractivity contribution < 1.29 is 9.59 Å². The Morgan fingerprint density at radius 3 is 2.43 bits per heavy atom. The highest BCUT2D eigenvalue weighted by molar-refractivity contribution is 5.98. The molecule has 5 nitrogen and oxygen atoms in total. The monoisotopic (exact) mass is 399 g/mol. The topological polar surface area (TPSA) is 61.4 Å². The van der Waals surface area contributed by atoms with Crippen LogP contribution in [-0.4, -0.2) is 24.5 Å². The van der Waals surface area contributed by atoms with Gasteiger partial charge in [0.1, 0.15) is 0 Å². The van der Waals surface area contributed by atoms with E-state index in [1.54, 1.807) is 4.90 Å². The van der Waals surface area contributed by atoms with Gasteiger partial charge in [-0.05, 0) is 48.7 Å². The van der Waals surface area contributed by atoms with Crippen LogP contribution in [0.2, 0.25) is 0 Å². The number of urea groups is 1. The van der Waals surface area contributed by atoms with Crippen LogP contribution in [0.5, 0.6) is 0 Å². The summed E-state index contributed by atoms with van der Waals surface area (Å²) in [6.45, 7) is 4.55. The van der Waals surface area contributed by atoms with Crippen molar-refractivity contribution in [3.8, 4) is 11.1 Å². The van der Waals surface area contributed by atoms with E-state index in [0.29, 0.717) is 13.0 Å². The van der Waals surface area contributed by atoms with E-state index < -0.39 is 0 Å². The minimum Gasteiger partial charge on any atom is -0.333 e. The number of rotatable bonds is 4. The van der Waals surface area contributed by atoms with E-state index >= 15 is 0 Å². The number of anilines is 2. The zero-order valence-electron chi connectivity index (χ0n) is 17.2. The predicted octanol–water partition coefficient (Wildman–Crippen LogP) is 4.90. The fourth-order valence-corrected chi connectivity index (χ4v) is 3.75. The molecular formula is C25H25N3O2. The van der Waals surface area contributed by atoms with Crippen LogP contribution < -0.4 is 15.5 Å². The molecule has 5 heteroatoms. The highest BCUT2D eigenvalue weighted by Gasteiger charge is 2.31. The number of nitrogens with zero attached hydrogens (tertiary/aromatic N) is 1. The third-order valence-corrected chi connectivity index (χ3v) is 5.52. The number of nitrogens with one attached hydrogen (secondary N) is 2. The van der Waals surface area contributed by atoms with Crippen LogP contribution in [0.15, 0.2) is 72.8 Å². The molecule has 0 aromatic heterocycles. The van der Waals surface area contributed by atoms with Gasteiger partial charge in [0.25, 0.3) is 0 Å². The Morgan fingerprint density at radius 1 is 0.933 bits per heavy atom. The molecule has 0 saturated carbocycles. The molecule has 0 radical (unpaired) electrons. The van der Waals surface area contributed by atoms with E-state index in [1.165, 1.54) is 5.56 Å². The molecular weight excluding hydrogens is 374 g/mol. The van der Waals surface area contributed by atoms with Crippen molar-refractivity contribution >= 4 is 23.3 Å². The minimum absolute atomic E-state index is 0.0215. The Balaban J connectivity index is 1.43. The molecule has 1 heterocycles. The summed E-state index contributed by atoms with van der Waals surface area (Å²) in [6, 6.07) is 23.1. The van der Waals surface area contributed by atoms with Crippen molar-refractivity contribution in [2.24, 2.45) is 0 Å². The molecule has 1 saturated heterocycles. The predicted molar refractivity (Wildman–Crippen MR) is 121 cm³/mol. The van der Waals surface area contributed by atoms with Crippen molar-refractivity contribution in [2.45, 2.75) is 26.3 Å². The van der Waals surface area contributed by atoms with Crippen molar-refractivity contribution in [2.75, 3.05) is 16.8 Å². The zero-order valence-corrected chi connectivity index (χ0v) is 17.2. The molecule has 1 atom stereocenters. The lowest BCUT2D eigenvalue weighted by Gasteiger charge is -2.19. The van der Waals surface area contributed by atoms with Gasteiger partial charge in [0.05, 0.1) is 11.7 Å². The second-order valence-electron chi connectivity index (χ2n) is 7.68. The van der Waals surface area contributed by atoms with E-state index in [0.717, 1.165) is 28.1 Å². The molecule has 1 aliphatic heterocycles. The summed E-state index contributed by atoms with van der Waals surface area (Å²) in [5.41, 5.74) is 5.93. The number of carbonyl (C=O) groups is 2. The quantitative estimate of drug-likeness (QED) is 0.656. The van der Waals surface area contributed by atoms with Crippen LogP contribution in [-0.2, 0) is 4.79 Å². The molecule has 0 unspecified atom stereocenters. The number of aryl methyl sites for hydroxylation is 2. The summed E-state index contributed by atoms with van der Waals surface area (Å²) in [6.07, 6.45) is 0.292. The van der Waals surface area contributed by atoms with Gasteiger partial charge >= 0.3 is 6.03 Å². The van der Waals surface area contributed by atoms with Crippen LogP contribution in [0.4, 0.5) is 16.2 Å².